The molecule has 1 aromatic carbocycles. The van der Waals surface area contributed by atoms with E-state index < -0.39 is 5.97 Å². The quantitative estimate of drug-likeness (QED) is 0.448. The van der Waals surface area contributed by atoms with Gasteiger partial charge in [0.2, 0.25) is 0 Å². The number of hydrogen-bond donors (Lipinski definition) is 0. The van der Waals surface area contributed by atoms with Crippen molar-refractivity contribution in [1.82, 2.24) is 9.78 Å². The number of hydrogen-bond acceptors (Lipinski definition) is 4. The molecule has 0 spiro atoms. The lowest BCUT2D eigenvalue weighted by Crippen LogP contribution is -2.07. The Bertz CT molecular complexity index is 647. The van der Waals surface area contributed by atoms with Gasteiger partial charge in [-0.15, -0.1) is 6.58 Å². The van der Waals surface area contributed by atoms with Gasteiger partial charge in [0.25, 0.3) is 0 Å². The van der Waals surface area contributed by atoms with Crippen molar-refractivity contribution in [3.05, 3.63) is 65.5 Å². The summed E-state index contributed by atoms with van der Waals surface area (Å²) >= 11 is 0. The lowest BCUT2D eigenvalue weighted by Gasteiger charge is -2.07. The van der Waals surface area contributed by atoms with Crippen LogP contribution in [0.5, 0.6) is 0 Å². The molecule has 0 fully saturated rings. The topological polar surface area (TPSA) is 53.4 Å². The molecule has 5 nitrogen and oxygen atoms in total. The molecule has 0 saturated heterocycles. The van der Waals surface area contributed by atoms with Gasteiger partial charge < -0.3 is 9.47 Å². The van der Waals surface area contributed by atoms with Crippen LogP contribution < -0.4 is 0 Å². The van der Waals surface area contributed by atoms with Crippen LogP contribution in [0.2, 0.25) is 0 Å². The van der Waals surface area contributed by atoms with Gasteiger partial charge in [-0.1, -0.05) is 36.4 Å². The zero-order chi connectivity index (χ0) is 15.9. The van der Waals surface area contributed by atoms with Gasteiger partial charge >= 0.3 is 5.97 Å². The van der Waals surface area contributed by atoms with Gasteiger partial charge in [0.15, 0.2) is 5.69 Å². The van der Waals surface area contributed by atoms with Crippen LogP contribution in [0.4, 0.5) is 0 Å². The van der Waals surface area contributed by atoms with Gasteiger partial charge in [-0.2, -0.15) is 5.10 Å². The van der Waals surface area contributed by atoms with E-state index in [0.717, 1.165) is 16.8 Å². The van der Waals surface area contributed by atoms with E-state index in [1.54, 1.807) is 17.8 Å². The van der Waals surface area contributed by atoms with Crippen LogP contribution in [0.3, 0.4) is 0 Å². The number of nitrogens with zero attached hydrogens (tertiary/aromatic N) is 2. The summed E-state index contributed by atoms with van der Waals surface area (Å²) in [5.41, 5.74) is 3.15. The summed E-state index contributed by atoms with van der Waals surface area (Å²) in [4.78, 5) is 12.0. The van der Waals surface area contributed by atoms with E-state index in [4.69, 9.17) is 9.47 Å². The lowest BCUT2D eigenvalue weighted by molar-refractivity contribution is 0.0592. The Balaban J connectivity index is 2.37. The summed E-state index contributed by atoms with van der Waals surface area (Å²) in [6.07, 6.45) is 2.29. The first-order valence-corrected chi connectivity index (χ1v) is 7.03. The Morgan fingerprint density at radius 1 is 1.36 bits per heavy atom. The summed E-state index contributed by atoms with van der Waals surface area (Å²) in [6, 6.07) is 9.93. The summed E-state index contributed by atoms with van der Waals surface area (Å²) in [5, 5.41) is 4.29. The second-order valence-corrected chi connectivity index (χ2v) is 4.86. The minimum atomic E-state index is -0.434. The first-order chi connectivity index (χ1) is 10.7. The molecule has 0 radical (unpaired) electrons. The minimum absolute atomic E-state index is 0.339. The highest BCUT2D eigenvalue weighted by molar-refractivity contribution is 5.89. The standard InChI is InChI=1S/C17H20N2O3/c1-4-10-22-12-15-14(11-13-8-6-5-7-9-13)16(17(20)21-3)18-19(15)2/h4-9H,1,10-12H2,2-3H3. The molecule has 0 amide bonds. The van der Waals surface area contributed by atoms with Crippen molar-refractivity contribution in [2.24, 2.45) is 7.05 Å². The van der Waals surface area contributed by atoms with Crippen molar-refractivity contribution in [3.8, 4) is 0 Å². The number of benzene rings is 1. The molecule has 0 aliphatic rings. The van der Waals surface area contributed by atoms with Crippen LogP contribution in [0.1, 0.15) is 27.3 Å². The zero-order valence-corrected chi connectivity index (χ0v) is 12.9. The third-order valence-corrected chi connectivity index (χ3v) is 3.35. The maximum absolute atomic E-state index is 12.0. The van der Waals surface area contributed by atoms with Gasteiger partial charge in [0.05, 0.1) is 26.0 Å². The van der Waals surface area contributed by atoms with Gasteiger partial charge in [-0.3, -0.25) is 4.68 Å². The summed E-state index contributed by atoms with van der Waals surface area (Å²) < 4.78 is 12.0. The van der Waals surface area contributed by atoms with Crippen molar-refractivity contribution in [2.45, 2.75) is 13.0 Å². The van der Waals surface area contributed by atoms with E-state index in [2.05, 4.69) is 11.7 Å². The normalized spacial score (nSPS) is 10.5. The minimum Gasteiger partial charge on any atom is -0.464 e. The monoisotopic (exact) mass is 300 g/mol. The van der Waals surface area contributed by atoms with E-state index in [-0.39, 0.29) is 0 Å². The molecule has 1 aromatic heterocycles. The predicted octanol–water partition coefficient (Wildman–Crippen LogP) is 2.50. The molecule has 0 saturated carbocycles. The molecule has 0 atom stereocenters. The number of carbonyl (C=O) groups excluding carboxylic acids is 1. The summed E-state index contributed by atoms with van der Waals surface area (Å²) in [6.45, 7) is 4.45. The highest BCUT2D eigenvalue weighted by Gasteiger charge is 2.22. The third-order valence-electron chi connectivity index (χ3n) is 3.35. The van der Waals surface area contributed by atoms with E-state index >= 15 is 0 Å². The highest BCUT2D eigenvalue weighted by atomic mass is 16.5. The van der Waals surface area contributed by atoms with E-state index in [0.29, 0.717) is 25.3 Å². The van der Waals surface area contributed by atoms with Crippen LogP contribution in [0.25, 0.3) is 0 Å². The number of aromatic nitrogens is 2. The van der Waals surface area contributed by atoms with Gasteiger partial charge in [-0.05, 0) is 5.56 Å². The number of aryl methyl sites for hydroxylation is 1. The number of carbonyl (C=O) groups is 1. The highest BCUT2D eigenvalue weighted by Crippen LogP contribution is 2.20. The predicted molar refractivity (Wildman–Crippen MR) is 83.6 cm³/mol. The van der Waals surface area contributed by atoms with E-state index in [1.165, 1.54) is 7.11 Å². The lowest BCUT2D eigenvalue weighted by atomic mass is 10.0. The molecule has 0 aliphatic carbocycles. The van der Waals surface area contributed by atoms with E-state index in [9.17, 15) is 4.79 Å². The SMILES string of the molecule is C=CCOCc1c(Cc2ccccc2)c(C(=O)OC)nn1C. The Labute approximate surface area is 130 Å². The molecule has 116 valence electrons. The Morgan fingerprint density at radius 3 is 2.73 bits per heavy atom. The van der Waals surface area contributed by atoms with Gasteiger partial charge in [0.1, 0.15) is 0 Å². The Hall–Kier alpha value is -2.40. The number of esters is 1. The molecule has 1 heterocycles. The van der Waals surface area contributed by atoms with Crippen LogP contribution in [-0.2, 0) is 29.5 Å². The van der Waals surface area contributed by atoms with Gasteiger partial charge in [0, 0.05) is 19.0 Å². The van der Waals surface area contributed by atoms with Crippen LogP contribution in [0.15, 0.2) is 43.0 Å². The molecule has 0 unspecified atom stereocenters. The molecule has 2 aromatic rings. The number of ether oxygens (including phenoxy) is 2. The largest absolute Gasteiger partial charge is 0.464 e. The molecular formula is C17H20N2O3. The van der Waals surface area contributed by atoms with Crippen molar-refractivity contribution in [3.63, 3.8) is 0 Å². The molecule has 22 heavy (non-hydrogen) atoms. The summed E-state index contributed by atoms with van der Waals surface area (Å²) in [7, 11) is 3.16. The van der Waals surface area contributed by atoms with Crippen LogP contribution in [-0.4, -0.2) is 29.5 Å². The fraction of sp³-hybridized carbons (Fsp3) is 0.294. The van der Waals surface area contributed by atoms with E-state index in [1.807, 2.05) is 30.3 Å². The molecule has 2 rings (SSSR count). The van der Waals surface area contributed by atoms with Gasteiger partial charge in [-0.25, -0.2) is 4.79 Å². The first-order valence-electron chi connectivity index (χ1n) is 7.03. The molecule has 0 aliphatic heterocycles. The van der Waals surface area contributed by atoms with Crippen molar-refractivity contribution < 1.29 is 14.3 Å². The fourth-order valence-electron chi connectivity index (χ4n) is 2.27. The average molecular weight is 300 g/mol. The van der Waals surface area contributed by atoms with Crippen molar-refractivity contribution in [2.75, 3.05) is 13.7 Å². The molecule has 0 N–H and O–H groups in total. The molecule has 0 bridgehead atoms. The first kappa shape index (κ1) is 16.0. The van der Waals surface area contributed by atoms with Crippen LogP contribution in [0, 0.1) is 0 Å². The second-order valence-electron chi connectivity index (χ2n) is 4.86. The maximum Gasteiger partial charge on any atom is 0.358 e. The Kier molecular flexibility index (Phi) is 5.49. The smallest absolute Gasteiger partial charge is 0.358 e. The van der Waals surface area contributed by atoms with Crippen molar-refractivity contribution >= 4 is 5.97 Å². The zero-order valence-electron chi connectivity index (χ0n) is 12.9. The van der Waals surface area contributed by atoms with Crippen LogP contribution >= 0.6 is 0 Å². The summed E-state index contributed by atoms with van der Waals surface area (Å²) in [5.74, 6) is -0.434. The Morgan fingerprint density at radius 2 is 2.09 bits per heavy atom. The second kappa shape index (κ2) is 7.56. The number of methoxy groups -OCH3 is 1. The maximum atomic E-state index is 12.0. The molecular weight excluding hydrogens is 280 g/mol. The molecule has 5 heteroatoms. The number of rotatable bonds is 7. The third kappa shape index (κ3) is 3.62. The van der Waals surface area contributed by atoms with Crippen molar-refractivity contribution in [1.29, 1.82) is 0 Å². The average Bonchev–Trinajstić information content (AvgIpc) is 2.84. The fourth-order valence-corrected chi connectivity index (χ4v) is 2.27.